The van der Waals surface area contributed by atoms with Crippen molar-refractivity contribution in [2.24, 2.45) is 35.5 Å². The summed E-state index contributed by atoms with van der Waals surface area (Å²) in [6, 6.07) is -1.71. The summed E-state index contributed by atoms with van der Waals surface area (Å²) in [5.41, 5.74) is -0.808. The van der Waals surface area contributed by atoms with Crippen LogP contribution in [0.3, 0.4) is 0 Å². The maximum atomic E-state index is 14.0. The van der Waals surface area contributed by atoms with Crippen LogP contribution in [0.2, 0.25) is 0 Å². The van der Waals surface area contributed by atoms with Crippen molar-refractivity contribution in [2.45, 2.75) is 157 Å². The highest BCUT2D eigenvalue weighted by Crippen LogP contribution is 2.37. The van der Waals surface area contributed by atoms with Gasteiger partial charge in [0, 0.05) is 11.1 Å². The summed E-state index contributed by atoms with van der Waals surface area (Å²) in [6.45, 7) is 25.4. The molecule has 2 aliphatic rings. The minimum Gasteiger partial charge on any atom is -0.461 e. The lowest BCUT2D eigenvalue weighted by Gasteiger charge is -2.41. The van der Waals surface area contributed by atoms with Crippen LogP contribution in [0.15, 0.2) is 0 Å². The Hall–Kier alpha value is -1.14. The van der Waals surface area contributed by atoms with Gasteiger partial charge in [0.25, 0.3) is 0 Å². The number of nitrogens with one attached hydrogen (secondary N) is 2. The number of rotatable bonds is 9. The second-order valence-electron chi connectivity index (χ2n) is 15.3. The topological polar surface area (TPSA) is 76.7 Å². The molecule has 222 valence electrons. The molecule has 2 rings (SSSR count). The van der Waals surface area contributed by atoms with Crippen molar-refractivity contribution in [3.8, 4) is 0 Å². The minimum atomic E-state index is -0.856. The van der Waals surface area contributed by atoms with Gasteiger partial charge in [0.1, 0.15) is 24.3 Å². The molecule has 0 aliphatic heterocycles. The van der Waals surface area contributed by atoms with Crippen LogP contribution in [0.25, 0.3) is 0 Å². The van der Waals surface area contributed by atoms with Crippen molar-refractivity contribution in [1.29, 1.82) is 0 Å². The van der Waals surface area contributed by atoms with Gasteiger partial charge in [-0.2, -0.15) is 0 Å². The van der Waals surface area contributed by atoms with Crippen molar-refractivity contribution in [2.75, 3.05) is 0 Å². The first kappa shape index (κ1) is 33.1. The lowest BCUT2D eigenvalue weighted by atomic mass is 9.75. The van der Waals surface area contributed by atoms with Gasteiger partial charge in [-0.1, -0.05) is 54.4 Å². The highest BCUT2D eigenvalue weighted by atomic mass is 16.6. The van der Waals surface area contributed by atoms with E-state index in [2.05, 4.69) is 52.2 Å². The number of ether oxygens (including phenoxy) is 2. The van der Waals surface area contributed by atoms with Gasteiger partial charge < -0.3 is 9.47 Å². The summed E-state index contributed by atoms with van der Waals surface area (Å²) < 4.78 is 12.6. The Morgan fingerprint density at radius 3 is 1.21 bits per heavy atom. The van der Waals surface area contributed by atoms with Gasteiger partial charge in [-0.3, -0.25) is 20.2 Å². The maximum Gasteiger partial charge on any atom is 0.325 e. The van der Waals surface area contributed by atoms with Crippen LogP contribution in [-0.2, 0) is 19.1 Å². The van der Waals surface area contributed by atoms with Gasteiger partial charge in [0.15, 0.2) is 0 Å². The summed E-state index contributed by atoms with van der Waals surface area (Å²) in [4.78, 5) is 28.0. The largest absolute Gasteiger partial charge is 0.461 e. The summed E-state index contributed by atoms with van der Waals surface area (Å²) in [6.07, 6.45) is 5.93. The fraction of sp³-hybridized carbons (Fsp3) is 0.938. The van der Waals surface area contributed by atoms with Crippen LogP contribution in [0, 0.1) is 35.5 Å². The third-order valence-electron chi connectivity index (χ3n) is 8.48. The van der Waals surface area contributed by atoms with E-state index in [0.717, 1.165) is 38.5 Å². The molecule has 2 aliphatic carbocycles. The fourth-order valence-corrected chi connectivity index (χ4v) is 6.44. The van der Waals surface area contributed by atoms with E-state index in [1.165, 1.54) is 0 Å². The smallest absolute Gasteiger partial charge is 0.325 e. The van der Waals surface area contributed by atoms with Gasteiger partial charge in [-0.15, -0.1) is 0 Å². The predicted molar refractivity (Wildman–Crippen MR) is 156 cm³/mol. The molecule has 2 saturated carbocycles. The van der Waals surface area contributed by atoms with Crippen LogP contribution in [0.1, 0.15) is 122 Å². The summed E-state index contributed by atoms with van der Waals surface area (Å²) >= 11 is 0. The Kier molecular flexibility index (Phi) is 11.7. The van der Waals surface area contributed by atoms with E-state index in [0.29, 0.717) is 35.5 Å². The van der Waals surface area contributed by atoms with Gasteiger partial charge in [0.2, 0.25) is 0 Å². The fourth-order valence-electron chi connectivity index (χ4n) is 6.44. The third kappa shape index (κ3) is 10.1. The van der Waals surface area contributed by atoms with Crippen molar-refractivity contribution in [3.63, 3.8) is 0 Å². The third-order valence-corrected chi connectivity index (χ3v) is 8.48. The lowest BCUT2D eigenvalue weighted by Crippen LogP contribution is -2.65. The molecule has 2 fully saturated rings. The normalized spacial score (nSPS) is 30.7. The first-order valence-electron chi connectivity index (χ1n) is 15.3. The Morgan fingerprint density at radius 2 is 0.947 bits per heavy atom. The zero-order valence-electron chi connectivity index (χ0n) is 26.6. The van der Waals surface area contributed by atoms with Gasteiger partial charge >= 0.3 is 11.9 Å². The first-order chi connectivity index (χ1) is 17.4. The van der Waals surface area contributed by atoms with Crippen LogP contribution in [0.4, 0.5) is 0 Å². The number of carbonyl (C=O) groups is 2. The van der Waals surface area contributed by atoms with Crippen LogP contribution in [-0.4, -0.2) is 47.3 Å². The van der Waals surface area contributed by atoms with Gasteiger partial charge in [-0.05, 0) is 103 Å². The summed E-state index contributed by atoms with van der Waals surface area (Å²) in [7, 11) is 0. The van der Waals surface area contributed by atoms with Crippen molar-refractivity contribution in [3.05, 3.63) is 0 Å². The predicted octanol–water partition coefficient (Wildman–Crippen LogP) is 6.51. The van der Waals surface area contributed by atoms with Crippen LogP contribution >= 0.6 is 0 Å². The Morgan fingerprint density at radius 1 is 0.632 bits per heavy atom. The molecule has 2 N–H and O–H groups in total. The summed E-state index contributed by atoms with van der Waals surface area (Å²) in [5.74, 6) is 1.86. The molecule has 0 amide bonds. The molecule has 6 nitrogen and oxygen atoms in total. The molecule has 0 heterocycles. The van der Waals surface area contributed by atoms with Gasteiger partial charge in [-0.25, -0.2) is 0 Å². The zero-order valence-corrected chi connectivity index (χ0v) is 26.6. The monoisotopic (exact) mass is 536 g/mol. The van der Waals surface area contributed by atoms with E-state index in [-0.39, 0.29) is 24.1 Å². The molecule has 0 spiro atoms. The highest BCUT2D eigenvalue weighted by molar-refractivity contribution is 5.87. The van der Waals surface area contributed by atoms with E-state index in [1.54, 1.807) is 0 Å². The van der Waals surface area contributed by atoms with E-state index >= 15 is 0 Å². The zero-order chi connectivity index (χ0) is 29.0. The maximum absolute atomic E-state index is 14.0. The highest BCUT2D eigenvalue weighted by Gasteiger charge is 2.44. The molecule has 8 atom stereocenters. The first-order valence-corrected chi connectivity index (χ1v) is 15.3. The minimum absolute atomic E-state index is 0.133. The molecule has 0 aromatic rings. The quantitative estimate of drug-likeness (QED) is 0.327. The molecule has 38 heavy (non-hydrogen) atoms. The average Bonchev–Trinajstić information content (AvgIpc) is 2.74. The number of hydrogen-bond acceptors (Lipinski definition) is 6. The molecule has 0 saturated heterocycles. The summed E-state index contributed by atoms with van der Waals surface area (Å²) in [5, 5.41) is 6.89. The van der Waals surface area contributed by atoms with E-state index < -0.39 is 23.2 Å². The molecule has 6 heteroatoms. The van der Waals surface area contributed by atoms with Crippen LogP contribution < -0.4 is 10.6 Å². The molecule has 0 bridgehead atoms. The average molecular weight is 537 g/mol. The van der Waals surface area contributed by atoms with Crippen molar-refractivity contribution < 1.29 is 19.1 Å². The van der Waals surface area contributed by atoms with E-state index in [1.807, 2.05) is 41.5 Å². The van der Waals surface area contributed by atoms with E-state index in [4.69, 9.17) is 9.47 Å². The molecular formula is C32H60N2O4. The second-order valence-corrected chi connectivity index (χ2v) is 15.3. The SMILES string of the molecule is CC(C)[C@@H]1CC[C@@H](C)C[C@H]1OC(=O)[C@@H](NC(C)(C)C)[C@H](NC(C)(C)C)C(=O)O[C@@H]1C[C@H](C)CC[C@H]1C(C)C. The van der Waals surface area contributed by atoms with Crippen LogP contribution in [0.5, 0.6) is 0 Å². The second kappa shape index (κ2) is 13.5. The number of esters is 2. The number of carbonyl (C=O) groups excluding carboxylic acids is 2. The Balaban J connectivity index is 2.37. The molecule has 0 radical (unpaired) electrons. The lowest BCUT2D eigenvalue weighted by molar-refractivity contribution is -0.169. The van der Waals surface area contributed by atoms with Crippen molar-refractivity contribution in [1.82, 2.24) is 10.6 Å². The van der Waals surface area contributed by atoms with Crippen molar-refractivity contribution >= 4 is 11.9 Å². The Labute approximate surface area is 234 Å². The Bertz CT molecular complexity index is 702. The molecule has 0 aromatic heterocycles. The molecular weight excluding hydrogens is 476 g/mol. The molecule has 0 unspecified atom stereocenters. The standard InChI is InChI=1S/C32H60N2O4/c1-19(2)23-15-13-21(5)17-25(23)37-29(35)27(33-31(7,8)9)28(34-32(10,11)12)30(36)38-26-18-22(6)14-16-24(26)20(3)4/h19-28,33-34H,13-18H2,1-12H3/t21-,22-,23+,24+,25-,26-,27+,28+/m1/s1. The molecule has 0 aromatic carbocycles. The number of hydrogen-bond donors (Lipinski definition) is 2. The van der Waals surface area contributed by atoms with Gasteiger partial charge in [0.05, 0.1) is 0 Å². The van der Waals surface area contributed by atoms with E-state index in [9.17, 15) is 9.59 Å².